The molecule has 0 aliphatic rings. The average Bonchev–Trinajstić information content (AvgIpc) is 3.04. The van der Waals surface area contributed by atoms with E-state index < -0.39 is 0 Å². The van der Waals surface area contributed by atoms with Crippen LogP contribution in [0.15, 0.2) is 78.7 Å². The van der Waals surface area contributed by atoms with Gasteiger partial charge in [-0.2, -0.15) is 0 Å². The first kappa shape index (κ1) is 37.1. The van der Waals surface area contributed by atoms with Crippen molar-refractivity contribution in [1.82, 2.24) is 9.97 Å². The zero-order valence-electron chi connectivity index (χ0n) is 28.6. The monoisotopic (exact) mass is 794 g/mol. The van der Waals surface area contributed by atoms with Crippen molar-refractivity contribution >= 4 is 38.2 Å². The fourth-order valence-electron chi connectivity index (χ4n) is 6.04. The molecule has 0 spiro atoms. The van der Waals surface area contributed by atoms with Gasteiger partial charge in [0.05, 0.1) is 11.3 Å². The number of benzene rings is 3. The normalized spacial score (nSPS) is 11.9. The molecule has 0 saturated carbocycles. The first-order valence-corrected chi connectivity index (χ1v) is 16.7. The van der Waals surface area contributed by atoms with Crippen molar-refractivity contribution in [1.29, 1.82) is 0 Å². The van der Waals surface area contributed by atoms with Crippen LogP contribution in [0.4, 0.5) is 0 Å². The number of ketones is 1. The largest absolute Gasteiger partial charge is 0.512 e. The van der Waals surface area contributed by atoms with Gasteiger partial charge in [-0.25, -0.2) is 0 Å². The SMILES string of the molecule is CC(C)c1ccc2c(-c3[c-]cc4c(c3)c(C(C)C)nc3ccccc34)nccc2c1.CCC(CC)C(=O)/C=C(\O)C(CC)CC.[Ir]. The second kappa shape index (κ2) is 17.0. The van der Waals surface area contributed by atoms with Crippen molar-refractivity contribution in [3.8, 4) is 11.3 Å². The van der Waals surface area contributed by atoms with E-state index in [1.165, 1.54) is 33.2 Å². The van der Waals surface area contributed by atoms with Gasteiger partial charge in [0.15, 0.2) is 5.78 Å². The van der Waals surface area contributed by atoms with Gasteiger partial charge in [0.1, 0.15) is 0 Å². The molecule has 0 aliphatic carbocycles. The summed E-state index contributed by atoms with van der Waals surface area (Å²) in [6, 6.07) is 25.0. The molecular formula is C41H49IrN2O2-. The van der Waals surface area contributed by atoms with E-state index in [1.807, 2.05) is 33.9 Å². The van der Waals surface area contributed by atoms with Crippen molar-refractivity contribution in [2.45, 2.75) is 92.9 Å². The van der Waals surface area contributed by atoms with E-state index in [4.69, 9.17) is 9.97 Å². The minimum atomic E-state index is 0. The minimum absolute atomic E-state index is 0. The van der Waals surface area contributed by atoms with Crippen LogP contribution < -0.4 is 0 Å². The van der Waals surface area contributed by atoms with Crippen LogP contribution >= 0.6 is 0 Å². The molecule has 5 heteroatoms. The van der Waals surface area contributed by atoms with E-state index in [9.17, 15) is 9.90 Å². The number of fused-ring (bicyclic) bond motifs is 4. The predicted molar refractivity (Wildman–Crippen MR) is 191 cm³/mol. The maximum absolute atomic E-state index is 11.7. The molecule has 2 aromatic heterocycles. The standard InChI is InChI=1S/C28H25N2.C13H24O2.Ir/c1-17(2)19-9-11-22-20(15-19)13-14-29-28(22)21-10-12-23-24-7-5-6-8-26(24)30-27(18(3)4)25(23)16-21;1-5-10(6-2)12(14)9-13(15)11(7-3)8-4;/h5-9,11-18H,1-4H3;9-11,14H,5-8H2,1-4H3;/q-1;;/b;12-9-;. The number of carbonyl (C=O) groups excluding carboxylic acids is 1. The van der Waals surface area contributed by atoms with E-state index in [1.54, 1.807) is 0 Å². The zero-order chi connectivity index (χ0) is 32.7. The molecule has 0 fully saturated rings. The molecule has 1 N–H and O–H groups in total. The van der Waals surface area contributed by atoms with E-state index >= 15 is 0 Å². The Balaban J connectivity index is 0.000000309. The fraction of sp³-hybridized carbons (Fsp3) is 0.390. The van der Waals surface area contributed by atoms with Crippen LogP contribution in [0.1, 0.15) is 104 Å². The molecule has 245 valence electrons. The molecular weight excluding hydrogens is 745 g/mol. The van der Waals surface area contributed by atoms with Crippen molar-refractivity contribution < 1.29 is 30.0 Å². The van der Waals surface area contributed by atoms with Crippen molar-refractivity contribution in [2.24, 2.45) is 11.8 Å². The Morgan fingerprint density at radius 3 is 2.11 bits per heavy atom. The van der Waals surface area contributed by atoms with E-state index in [0.29, 0.717) is 11.8 Å². The Bertz CT molecular complexity index is 1800. The van der Waals surface area contributed by atoms with Crippen LogP contribution in [0.5, 0.6) is 0 Å². The van der Waals surface area contributed by atoms with Gasteiger partial charge in [-0.1, -0.05) is 103 Å². The first-order valence-electron chi connectivity index (χ1n) is 16.7. The van der Waals surface area contributed by atoms with E-state index in [2.05, 4.69) is 94.4 Å². The number of hydrogen-bond acceptors (Lipinski definition) is 4. The summed E-state index contributed by atoms with van der Waals surface area (Å²) < 4.78 is 0. The van der Waals surface area contributed by atoms with Crippen LogP contribution in [0.25, 0.3) is 43.7 Å². The quantitative estimate of drug-likeness (QED) is 0.0662. The Hall–Kier alpha value is -3.40. The molecule has 1 radical (unpaired) electrons. The average molecular weight is 794 g/mol. The van der Waals surface area contributed by atoms with Gasteiger partial charge in [0.2, 0.25) is 0 Å². The summed E-state index contributed by atoms with van der Waals surface area (Å²) in [4.78, 5) is 21.5. The van der Waals surface area contributed by atoms with Crippen molar-refractivity contribution in [2.75, 3.05) is 0 Å². The molecule has 5 rings (SSSR count). The van der Waals surface area contributed by atoms with Crippen LogP contribution in [-0.4, -0.2) is 20.9 Å². The number of hydrogen-bond donors (Lipinski definition) is 1. The van der Waals surface area contributed by atoms with Gasteiger partial charge in [0.25, 0.3) is 0 Å². The minimum Gasteiger partial charge on any atom is -0.512 e. The fourth-order valence-corrected chi connectivity index (χ4v) is 6.04. The molecule has 0 saturated heterocycles. The summed E-state index contributed by atoms with van der Waals surface area (Å²) in [5.41, 5.74) is 5.51. The zero-order valence-corrected chi connectivity index (χ0v) is 31.0. The molecule has 3 aromatic carbocycles. The topological polar surface area (TPSA) is 63.1 Å². The summed E-state index contributed by atoms with van der Waals surface area (Å²) in [6.07, 6.45) is 6.81. The number of para-hydroxylation sites is 1. The third kappa shape index (κ3) is 8.30. The summed E-state index contributed by atoms with van der Waals surface area (Å²) >= 11 is 0. The molecule has 0 amide bonds. The summed E-state index contributed by atoms with van der Waals surface area (Å²) in [5.74, 6) is 1.39. The molecule has 4 nitrogen and oxygen atoms in total. The van der Waals surface area contributed by atoms with Gasteiger partial charge in [0, 0.05) is 49.9 Å². The number of aliphatic hydroxyl groups excluding tert-OH is 1. The summed E-state index contributed by atoms with van der Waals surface area (Å²) in [5, 5.41) is 15.7. The van der Waals surface area contributed by atoms with Gasteiger partial charge in [-0.15, -0.1) is 23.8 Å². The second-order valence-corrected chi connectivity index (χ2v) is 12.6. The number of pyridine rings is 2. The molecule has 46 heavy (non-hydrogen) atoms. The first-order chi connectivity index (χ1) is 21.6. The number of aromatic nitrogens is 2. The maximum atomic E-state index is 11.7. The third-order valence-electron chi connectivity index (χ3n) is 9.00. The van der Waals surface area contributed by atoms with Gasteiger partial charge < -0.3 is 10.1 Å². The molecule has 2 heterocycles. The Morgan fingerprint density at radius 1 is 0.804 bits per heavy atom. The number of allylic oxidation sites excluding steroid dienone is 2. The van der Waals surface area contributed by atoms with Gasteiger partial charge >= 0.3 is 0 Å². The Kier molecular flexibility index (Phi) is 13.7. The third-order valence-corrected chi connectivity index (χ3v) is 9.00. The molecule has 0 unspecified atom stereocenters. The van der Waals surface area contributed by atoms with Gasteiger partial charge in [-0.05, 0) is 77.1 Å². The summed E-state index contributed by atoms with van der Waals surface area (Å²) in [6.45, 7) is 16.9. The summed E-state index contributed by atoms with van der Waals surface area (Å²) in [7, 11) is 0. The number of carbonyl (C=O) groups is 1. The Morgan fingerprint density at radius 2 is 1.48 bits per heavy atom. The number of rotatable bonds is 10. The Labute approximate surface area is 289 Å². The smallest absolute Gasteiger partial charge is 0.162 e. The molecule has 5 aromatic rings. The molecule has 0 bridgehead atoms. The number of nitrogens with zero attached hydrogens (tertiary/aromatic N) is 2. The van der Waals surface area contributed by atoms with Crippen molar-refractivity contribution in [3.05, 3.63) is 96.0 Å². The van der Waals surface area contributed by atoms with E-state index in [0.717, 1.165) is 53.5 Å². The molecule has 0 aliphatic heterocycles. The van der Waals surface area contributed by atoms with Crippen molar-refractivity contribution in [3.63, 3.8) is 0 Å². The van der Waals surface area contributed by atoms with E-state index in [-0.39, 0.29) is 43.5 Å². The van der Waals surface area contributed by atoms with Crippen LogP contribution in [0.3, 0.4) is 0 Å². The van der Waals surface area contributed by atoms with Crippen LogP contribution in [-0.2, 0) is 24.9 Å². The predicted octanol–water partition coefficient (Wildman–Crippen LogP) is 11.5. The number of aliphatic hydroxyl groups is 1. The second-order valence-electron chi connectivity index (χ2n) is 12.6. The molecule has 0 atom stereocenters. The maximum Gasteiger partial charge on any atom is 0.162 e. The van der Waals surface area contributed by atoms with Crippen LogP contribution in [0.2, 0.25) is 0 Å². The van der Waals surface area contributed by atoms with Gasteiger partial charge in [-0.3, -0.25) is 9.78 Å². The van der Waals surface area contributed by atoms with Crippen LogP contribution in [0, 0.1) is 17.9 Å².